The molecule has 2 aromatic rings. The summed E-state index contributed by atoms with van der Waals surface area (Å²) in [4.78, 5) is 12.0. The Morgan fingerprint density at radius 3 is 2.37 bits per heavy atom. The van der Waals surface area contributed by atoms with Gasteiger partial charge < -0.3 is 5.32 Å². The second kappa shape index (κ2) is 6.70. The van der Waals surface area contributed by atoms with Crippen molar-refractivity contribution in [2.45, 2.75) is 19.4 Å². The second-order valence-corrected chi connectivity index (χ2v) is 5.82. The summed E-state index contributed by atoms with van der Waals surface area (Å²) in [7, 11) is 0. The molecule has 1 N–H and O–H groups in total. The maximum Gasteiger partial charge on any atom is 0.251 e. The maximum atomic E-state index is 12.0. The number of hydrogen-bond acceptors (Lipinski definition) is 1. The number of amides is 1. The van der Waals surface area contributed by atoms with E-state index in [1.54, 1.807) is 0 Å². The van der Waals surface area contributed by atoms with Crippen molar-refractivity contribution in [3.05, 3.63) is 69.3 Å². The van der Waals surface area contributed by atoms with E-state index < -0.39 is 0 Å². The smallest absolute Gasteiger partial charge is 0.251 e. The van der Waals surface area contributed by atoms with Crippen molar-refractivity contribution < 1.29 is 4.79 Å². The van der Waals surface area contributed by atoms with E-state index in [2.05, 4.69) is 40.0 Å². The predicted molar refractivity (Wildman–Crippen MR) is 86.2 cm³/mol. The lowest BCUT2D eigenvalue weighted by Gasteiger charge is -2.14. The molecule has 0 saturated heterocycles. The highest BCUT2D eigenvalue weighted by molar-refractivity contribution is 14.1. The highest BCUT2D eigenvalue weighted by Gasteiger charge is 2.09. The molecule has 0 spiro atoms. The third-order valence-corrected chi connectivity index (χ3v) is 3.59. The van der Waals surface area contributed by atoms with E-state index in [-0.39, 0.29) is 11.9 Å². The number of carbonyl (C=O) groups excluding carboxylic acids is 1. The van der Waals surface area contributed by atoms with Gasteiger partial charge in [-0.2, -0.15) is 0 Å². The monoisotopic (exact) mass is 365 g/mol. The minimum absolute atomic E-state index is 0.0140. The van der Waals surface area contributed by atoms with Crippen LogP contribution in [0.3, 0.4) is 0 Å². The lowest BCUT2D eigenvalue weighted by molar-refractivity contribution is 0.0940. The van der Waals surface area contributed by atoms with Crippen molar-refractivity contribution in [2.75, 3.05) is 0 Å². The van der Waals surface area contributed by atoms with Crippen LogP contribution >= 0.6 is 22.6 Å². The third-order valence-electron chi connectivity index (χ3n) is 2.87. The fourth-order valence-electron chi connectivity index (χ4n) is 1.93. The Balaban J connectivity index is 1.93. The van der Waals surface area contributed by atoms with E-state index in [9.17, 15) is 4.79 Å². The molecule has 19 heavy (non-hydrogen) atoms. The van der Waals surface area contributed by atoms with Crippen LogP contribution in [0.2, 0.25) is 0 Å². The van der Waals surface area contributed by atoms with Crippen LogP contribution in [0.4, 0.5) is 0 Å². The van der Waals surface area contributed by atoms with Gasteiger partial charge >= 0.3 is 0 Å². The van der Waals surface area contributed by atoms with Gasteiger partial charge in [0.1, 0.15) is 0 Å². The van der Waals surface area contributed by atoms with Gasteiger partial charge in [0.15, 0.2) is 0 Å². The van der Waals surface area contributed by atoms with Crippen LogP contribution in [0.5, 0.6) is 0 Å². The van der Waals surface area contributed by atoms with Crippen molar-refractivity contribution in [3.8, 4) is 0 Å². The van der Waals surface area contributed by atoms with Gasteiger partial charge in [0.05, 0.1) is 0 Å². The lowest BCUT2D eigenvalue weighted by Crippen LogP contribution is -2.34. The first-order valence-corrected chi connectivity index (χ1v) is 7.33. The number of nitrogens with one attached hydrogen (secondary N) is 1. The molecule has 0 aliphatic rings. The molecule has 2 rings (SSSR count). The van der Waals surface area contributed by atoms with E-state index in [1.807, 2.05) is 49.4 Å². The third kappa shape index (κ3) is 4.35. The lowest BCUT2D eigenvalue weighted by atomic mass is 10.1. The van der Waals surface area contributed by atoms with E-state index in [0.29, 0.717) is 5.56 Å². The molecule has 98 valence electrons. The fourth-order valence-corrected chi connectivity index (χ4v) is 2.29. The van der Waals surface area contributed by atoms with E-state index >= 15 is 0 Å². The topological polar surface area (TPSA) is 29.1 Å². The Kier molecular flexibility index (Phi) is 4.96. The van der Waals surface area contributed by atoms with Crippen LogP contribution in [-0.2, 0) is 6.42 Å². The van der Waals surface area contributed by atoms with E-state index in [0.717, 1.165) is 9.99 Å². The predicted octanol–water partition coefficient (Wildman–Crippen LogP) is 3.65. The highest BCUT2D eigenvalue weighted by Crippen LogP contribution is 2.08. The zero-order valence-corrected chi connectivity index (χ0v) is 12.9. The van der Waals surface area contributed by atoms with Gasteiger partial charge in [-0.1, -0.05) is 30.3 Å². The molecule has 0 unspecified atom stereocenters. The number of halogens is 1. The zero-order valence-electron chi connectivity index (χ0n) is 10.8. The largest absolute Gasteiger partial charge is 0.349 e. The molecule has 0 bridgehead atoms. The molecule has 0 aromatic heterocycles. The number of benzene rings is 2. The van der Waals surface area contributed by atoms with Crippen LogP contribution in [0.1, 0.15) is 22.8 Å². The van der Waals surface area contributed by atoms with Crippen molar-refractivity contribution in [3.63, 3.8) is 0 Å². The van der Waals surface area contributed by atoms with Crippen molar-refractivity contribution >= 4 is 28.5 Å². The van der Waals surface area contributed by atoms with Crippen molar-refractivity contribution in [1.82, 2.24) is 5.32 Å². The first-order valence-electron chi connectivity index (χ1n) is 6.25. The standard InChI is InChI=1S/C16H16INO/c1-12(11-13-5-3-2-4-6-13)18-16(19)14-7-9-15(17)10-8-14/h2-10,12H,11H2,1H3,(H,18,19)/t12-/m0/s1. The minimum Gasteiger partial charge on any atom is -0.349 e. The van der Waals surface area contributed by atoms with Crippen LogP contribution in [0.25, 0.3) is 0 Å². The summed E-state index contributed by atoms with van der Waals surface area (Å²) < 4.78 is 1.13. The van der Waals surface area contributed by atoms with Crippen LogP contribution in [0.15, 0.2) is 54.6 Å². The molecule has 3 heteroatoms. The molecule has 1 amide bonds. The Labute approximate surface area is 127 Å². The van der Waals surface area contributed by atoms with E-state index in [4.69, 9.17) is 0 Å². The maximum absolute atomic E-state index is 12.0. The van der Waals surface area contributed by atoms with Gasteiger partial charge in [0.2, 0.25) is 0 Å². The molecule has 0 radical (unpaired) electrons. The Morgan fingerprint density at radius 1 is 1.11 bits per heavy atom. The van der Waals surface area contributed by atoms with Gasteiger partial charge in [-0.15, -0.1) is 0 Å². The minimum atomic E-state index is -0.0140. The van der Waals surface area contributed by atoms with Crippen LogP contribution in [-0.4, -0.2) is 11.9 Å². The summed E-state index contributed by atoms with van der Waals surface area (Å²) in [5.74, 6) is -0.0140. The number of rotatable bonds is 4. The molecule has 2 nitrogen and oxygen atoms in total. The number of hydrogen-bond donors (Lipinski definition) is 1. The Hall–Kier alpha value is -1.36. The Bertz CT molecular complexity index is 536. The average molecular weight is 365 g/mol. The summed E-state index contributed by atoms with van der Waals surface area (Å²) in [5.41, 5.74) is 1.94. The van der Waals surface area contributed by atoms with Crippen LogP contribution < -0.4 is 5.32 Å². The van der Waals surface area contributed by atoms with E-state index in [1.165, 1.54) is 5.56 Å². The molecule has 2 aromatic carbocycles. The SMILES string of the molecule is C[C@@H](Cc1ccccc1)NC(=O)c1ccc(I)cc1. The fraction of sp³-hybridized carbons (Fsp3) is 0.188. The molecule has 0 saturated carbocycles. The van der Waals surface area contributed by atoms with Crippen molar-refractivity contribution in [1.29, 1.82) is 0 Å². The second-order valence-electron chi connectivity index (χ2n) is 4.57. The summed E-state index contributed by atoms with van der Waals surface area (Å²) in [5, 5.41) is 3.02. The summed E-state index contributed by atoms with van der Waals surface area (Å²) in [6.07, 6.45) is 0.844. The van der Waals surface area contributed by atoms with Crippen LogP contribution in [0, 0.1) is 3.57 Å². The van der Waals surface area contributed by atoms with Gasteiger partial charge in [0, 0.05) is 15.2 Å². The number of carbonyl (C=O) groups is 1. The molecule has 0 aliphatic heterocycles. The normalized spacial score (nSPS) is 11.9. The average Bonchev–Trinajstić information content (AvgIpc) is 2.40. The van der Waals surface area contributed by atoms with Gasteiger partial charge in [-0.05, 0) is 65.8 Å². The first kappa shape index (κ1) is 14.1. The van der Waals surface area contributed by atoms with Crippen molar-refractivity contribution in [2.24, 2.45) is 0 Å². The Morgan fingerprint density at radius 2 is 1.74 bits per heavy atom. The summed E-state index contributed by atoms with van der Waals surface area (Å²) in [6.45, 7) is 2.03. The molecular formula is C16H16INO. The molecule has 0 fully saturated rings. The summed E-state index contributed by atoms with van der Waals surface area (Å²) >= 11 is 2.23. The first-order chi connectivity index (χ1) is 9.15. The molecule has 0 aliphatic carbocycles. The summed E-state index contributed by atoms with van der Waals surface area (Å²) in [6, 6.07) is 17.9. The van der Waals surface area contributed by atoms with Gasteiger partial charge in [-0.25, -0.2) is 0 Å². The van der Waals surface area contributed by atoms with Gasteiger partial charge in [0.25, 0.3) is 5.91 Å². The van der Waals surface area contributed by atoms with Gasteiger partial charge in [-0.3, -0.25) is 4.79 Å². The molecule has 0 heterocycles. The molecular weight excluding hydrogens is 349 g/mol. The molecule has 1 atom stereocenters. The zero-order chi connectivity index (χ0) is 13.7. The quantitative estimate of drug-likeness (QED) is 0.824. The highest BCUT2D eigenvalue weighted by atomic mass is 127.